The van der Waals surface area contributed by atoms with Crippen LogP contribution in [0.4, 0.5) is 0 Å². The minimum absolute atomic E-state index is 0.310. The molecule has 0 aromatic rings. The molecule has 4 nitrogen and oxygen atoms in total. The van der Waals surface area contributed by atoms with E-state index >= 15 is 0 Å². The summed E-state index contributed by atoms with van der Waals surface area (Å²) in [7, 11) is -4.14. The van der Waals surface area contributed by atoms with Gasteiger partial charge in [0.15, 0.2) is 5.44 Å². The third-order valence-corrected chi connectivity index (χ3v) is 7.28. The second-order valence-electron chi connectivity index (χ2n) is 8.49. The number of ether oxygens (including phenoxy) is 1. The van der Waals surface area contributed by atoms with Gasteiger partial charge in [-0.3, -0.25) is 4.55 Å². The standard InChI is InChI=1S/C18H32O4S/c1-14-10-16-8-5-9-18(12-14,13-16)22-17(23(19,20)21)11-15-6-3-2-4-7-15/h14-17H,2-13H2,1H3,(H,19,20,21). The van der Waals surface area contributed by atoms with Crippen LogP contribution in [0.3, 0.4) is 0 Å². The van der Waals surface area contributed by atoms with E-state index in [0.29, 0.717) is 24.2 Å². The lowest BCUT2D eigenvalue weighted by atomic mass is 9.65. The van der Waals surface area contributed by atoms with Gasteiger partial charge in [-0.2, -0.15) is 8.42 Å². The summed E-state index contributed by atoms with van der Waals surface area (Å²) in [5.74, 6) is 1.64. The predicted molar refractivity (Wildman–Crippen MR) is 90.7 cm³/mol. The summed E-state index contributed by atoms with van der Waals surface area (Å²) < 4.78 is 39.9. The molecule has 3 aliphatic rings. The highest BCUT2D eigenvalue weighted by molar-refractivity contribution is 7.86. The van der Waals surface area contributed by atoms with E-state index in [2.05, 4.69) is 6.92 Å². The molecule has 4 unspecified atom stereocenters. The molecule has 0 aromatic carbocycles. The molecular weight excluding hydrogens is 312 g/mol. The molecule has 3 saturated carbocycles. The maximum absolute atomic E-state index is 11.9. The highest BCUT2D eigenvalue weighted by Crippen LogP contribution is 2.48. The van der Waals surface area contributed by atoms with Gasteiger partial charge in [-0.25, -0.2) is 0 Å². The van der Waals surface area contributed by atoms with Crippen LogP contribution in [0.15, 0.2) is 0 Å². The van der Waals surface area contributed by atoms with Gasteiger partial charge in [-0.15, -0.1) is 0 Å². The van der Waals surface area contributed by atoms with E-state index in [0.717, 1.165) is 38.5 Å². The van der Waals surface area contributed by atoms with Gasteiger partial charge in [0.25, 0.3) is 10.1 Å². The average Bonchev–Trinajstić information content (AvgIpc) is 2.46. The first-order valence-corrected chi connectivity index (χ1v) is 11.0. The number of rotatable bonds is 5. The zero-order chi connectivity index (χ0) is 16.5. The number of hydrogen-bond acceptors (Lipinski definition) is 3. The predicted octanol–water partition coefficient (Wildman–Crippen LogP) is 4.55. The molecule has 5 heteroatoms. The Bertz CT molecular complexity index is 493. The molecule has 0 heterocycles. The second kappa shape index (κ2) is 7.01. The van der Waals surface area contributed by atoms with Crippen molar-refractivity contribution in [2.75, 3.05) is 0 Å². The lowest BCUT2D eigenvalue weighted by Crippen LogP contribution is -2.48. The van der Waals surface area contributed by atoms with Gasteiger partial charge in [0.1, 0.15) is 0 Å². The maximum Gasteiger partial charge on any atom is 0.292 e. The van der Waals surface area contributed by atoms with Crippen molar-refractivity contribution in [1.82, 2.24) is 0 Å². The van der Waals surface area contributed by atoms with Gasteiger partial charge < -0.3 is 4.74 Å². The Hall–Kier alpha value is -0.130. The zero-order valence-corrected chi connectivity index (χ0v) is 15.2. The van der Waals surface area contributed by atoms with Crippen molar-refractivity contribution in [3.63, 3.8) is 0 Å². The summed E-state index contributed by atoms with van der Waals surface area (Å²) in [6, 6.07) is 0. The molecule has 3 fully saturated rings. The fourth-order valence-electron chi connectivity index (χ4n) is 5.48. The van der Waals surface area contributed by atoms with E-state index in [1.807, 2.05) is 0 Å². The summed E-state index contributed by atoms with van der Waals surface area (Å²) >= 11 is 0. The average molecular weight is 345 g/mol. The summed E-state index contributed by atoms with van der Waals surface area (Å²) in [6.07, 6.45) is 12.7. The normalized spacial score (nSPS) is 37.5. The van der Waals surface area contributed by atoms with Crippen LogP contribution in [-0.2, 0) is 14.9 Å². The Morgan fingerprint density at radius 3 is 2.57 bits per heavy atom. The van der Waals surface area contributed by atoms with Gasteiger partial charge in [-0.05, 0) is 49.9 Å². The molecule has 0 amide bonds. The van der Waals surface area contributed by atoms with Gasteiger partial charge in [0, 0.05) is 0 Å². The monoisotopic (exact) mass is 344 g/mol. The third-order valence-electron chi connectivity index (χ3n) is 6.33. The Kier molecular flexibility index (Phi) is 5.39. The fourth-order valence-corrected chi connectivity index (χ4v) is 6.32. The van der Waals surface area contributed by atoms with Crippen molar-refractivity contribution in [3.8, 4) is 0 Å². The molecular formula is C18H32O4S. The number of fused-ring (bicyclic) bond motifs is 2. The molecule has 134 valence electrons. The first-order chi connectivity index (χ1) is 10.9. The zero-order valence-electron chi connectivity index (χ0n) is 14.4. The number of hydrogen-bond donors (Lipinski definition) is 1. The van der Waals surface area contributed by atoms with E-state index in [9.17, 15) is 13.0 Å². The van der Waals surface area contributed by atoms with Crippen LogP contribution in [-0.4, -0.2) is 24.0 Å². The van der Waals surface area contributed by atoms with Crippen molar-refractivity contribution in [2.45, 2.75) is 95.0 Å². The van der Waals surface area contributed by atoms with Crippen molar-refractivity contribution in [1.29, 1.82) is 0 Å². The maximum atomic E-state index is 11.9. The molecule has 4 atom stereocenters. The minimum Gasteiger partial charge on any atom is -0.353 e. The van der Waals surface area contributed by atoms with Crippen molar-refractivity contribution in [3.05, 3.63) is 0 Å². The van der Waals surface area contributed by atoms with Crippen molar-refractivity contribution < 1.29 is 17.7 Å². The molecule has 2 bridgehead atoms. The van der Waals surface area contributed by atoms with Crippen LogP contribution in [0.5, 0.6) is 0 Å². The molecule has 0 aromatic heterocycles. The Balaban J connectivity index is 1.72. The van der Waals surface area contributed by atoms with Crippen LogP contribution in [0.25, 0.3) is 0 Å². The summed E-state index contributed by atoms with van der Waals surface area (Å²) in [4.78, 5) is 0. The van der Waals surface area contributed by atoms with Crippen LogP contribution in [0, 0.1) is 17.8 Å². The Labute approximate surface area is 141 Å². The van der Waals surface area contributed by atoms with Gasteiger partial charge in [-0.1, -0.05) is 51.9 Å². The topological polar surface area (TPSA) is 63.6 Å². The van der Waals surface area contributed by atoms with E-state index in [-0.39, 0.29) is 5.60 Å². The molecule has 0 saturated heterocycles. The summed E-state index contributed by atoms with van der Waals surface area (Å²) in [5.41, 5.74) is -1.33. The molecule has 0 aliphatic heterocycles. The molecule has 3 rings (SSSR count). The van der Waals surface area contributed by atoms with E-state index in [4.69, 9.17) is 4.74 Å². The van der Waals surface area contributed by atoms with Gasteiger partial charge >= 0.3 is 0 Å². The Morgan fingerprint density at radius 2 is 1.87 bits per heavy atom. The van der Waals surface area contributed by atoms with Crippen LogP contribution < -0.4 is 0 Å². The first kappa shape index (κ1) is 17.7. The molecule has 23 heavy (non-hydrogen) atoms. The van der Waals surface area contributed by atoms with Gasteiger partial charge in [0.2, 0.25) is 0 Å². The van der Waals surface area contributed by atoms with Gasteiger partial charge in [0.05, 0.1) is 5.60 Å². The lowest BCUT2D eigenvalue weighted by Gasteiger charge is -2.48. The molecule has 0 spiro atoms. The second-order valence-corrected chi connectivity index (χ2v) is 10.0. The third kappa shape index (κ3) is 4.49. The minimum atomic E-state index is -4.14. The first-order valence-electron chi connectivity index (χ1n) is 9.50. The molecule has 3 aliphatic carbocycles. The SMILES string of the molecule is CC1CC2CCCC(OC(CC3CCCCC3)S(=O)(=O)O)(C1)C2. The van der Waals surface area contributed by atoms with Crippen LogP contribution in [0.2, 0.25) is 0 Å². The highest BCUT2D eigenvalue weighted by Gasteiger charge is 2.46. The van der Waals surface area contributed by atoms with E-state index < -0.39 is 15.6 Å². The highest BCUT2D eigenvalue weighted by atomic mass is 32.2. The summed E-state index contributed by atoms with van der Waals surface area (Å²) in [5, 5.41) is 0. The van der Waals surface area contributed by atoms with Crippen LogP contribution in [0.1, 0.15) is 84.0 Å². The smallest absolute Gasteiger partial charge is 0.292 e. The quantitative estimate of drug-likeness (QED) is 0.743. The Morgan fingerprint density at radius 1 is 1.13 bits per heavy atom. The van der Waals surface area contributed by atoms with E-state index in [1.165, 1.54) is 32.1 Å². The largest absolute Gasteiger partial charge is 0.353 e. The summed E-state index contributed by atoms with van der Waals surface area (Å²) in [6.45, 7) is 2.25. The van der Waals surface area contributed by atoms with E-state index in [1.54, 1.807) is 0 Å². The lowest BCUT2D eigenvalue weighted by molar-refractivity contribution is -0.135. The molecule has 0 radical (unpaired) electrons. The van der Waals surface area contributed by atoms with Crippen molar-refractivity contribution in [2.24, 2.45) is 17.8 Å². The van der Waals surface area contributed by atoms with Crippen LogP contribution >= 0.6 is 0 Å². The molecule has 1 N–H and O–H groups in total. The van der Waals surface area contributed by atoms with Crippen molar-refractivity contribution >= 4 is 10.1 Å². The fraction of sp³-hybridized carbons (Fsp3) is 1.00.